The molecule has 1 saturated heterocycles. The van der Waals surface area contributed by atoms with Gasteiger partial charge in [0.25, 0.3) is 5.56 Å². The number of rotatable bonds is 3. The zero-order valence-electron chi connectivity index (χ0n) is 13.7. The zero-order chi connectivity index (χ0) is 16.4. The average molecular weight is 358 g/mol. The van der Waals surface area contributed by atoms with Crippen LogP contribution in [0.15, 0.2) is 59.8 Å². The van der Waals surface area contributed by atoms with Crippen LogP contribution in [0.3, 0.4) is 0 Å². The average Bonchev–Trinajstić information content (AvgIpc) is 2.63. The highest BCUT2D eigenvalue weighted by Gasteiger charge is 2.24. The Labute approximate surface area is 151 Å². The summed E-state index contributed by atoms with van der Waals surface area (Å²) in [6.45, 7) is 3.37. The first-order valence-corrected chi connectivity index (χ1v) is 8.13. The van der Waals surface area contributed by atoms with Gasteiger partial charge in [-0.2, -0.15) is 0 Å². The van der Waals surface area contributed by atoms with Crippen LogP contribution >= 0.6 is 12.4 Å². The lowest BCUT2D eigenvalue weighted by Crippen LogP contribution is -2.45. The lowest BCUT2D eigenvalue weighted by atomic mass is 10.1. The molecule has 0 radical (unpaired) electrons. The number of pyridine rings is 2. The predicted octanol–water partition coefficient (Wildman–Crippen LogP) is 1.66. The van der Waals surface area contributed by atoms with Crippen LogP contribution in [0.4, 0.5) is 0 Å². The maximum Gasteiger partial charge on any atom is 0.258 e. The van der Waals surface area contributed by atoms with Gasteiger partial charge in [0.15, 0.2) is 0 Å². The Morgan fingerprint density at radius 3 is 3.00 bits per heavy atom. The van der Waals surface area contributed by atoms with Crippen molar-refractivity contribution in [1.82, 2.24) is 24.6 Å². The van der Waals surface area contributed by atoms with Gasteiger partial charge in [-0.25, -0.2) is 4.98 Å². The SMILES string of the molecule is Cl.O=c1cc(CN2CCNCC2c2cccnc2)nc2ccccn12. The quantitative estimate of drug-likeness (QED) is 0.772. The normalized spacial score (nSPS) is 18.0. The molecule has 1 atom stereocenters. The summed E-state index contributed by atoms with van der Waals surface area (Å²) in [5.74, 6) is 0. The molecule has 6 nitrogen and oxygen atoms in total. The van der Waals surface area contributed by atoms with Gasteiger partial charge in [0, 0.05) is 56.9 Å². The molecule has 1 aliphatic heterocycles. The number of aromatic nitrogens is 3. The van der Waals surface area contributed by atoms with Crippen molar-refractivity contribution in [1.29, 1.82) is 0 Å². The van der Waals surface area contributed by atoms with Crippen molar-refractivity contribution in [2.45, 2.75) is 12.6 Å². The van der Waals surface area contributed by atoms with Crippen LogP contribution in [0, 0.1) is 0 Å². The van der Waals surface area contributed by atoms with Crippen molar-refractivity contribution in [3.8, 4) is 0 Å². The van der Waals surface area contributed by atoms with Crippen LogP contribution in [0.1, 0.15) is 17.3 Å². The fourth-order valence-electron chi connectivity index (χ4n) is 3.23. The number of piperazine rings is 1. The fraction of sp³-hybridized carbons (Fsp3) is 0.278. The summed E-state index contributed by atoms with van der Waals surface area (Å²) in [6, 6.07) is 11.5. The van der Waals surface area contributed by atoms with E-state index in [0.717, 1.165) is 25.3 Å². The predicted molar refractivity (Wildman–Crippen MR) is 99.0 cm³/mol. The van der Waals surface area contributed by atoms with Crippen LogP contribution in [0.2, 0.25) is 0 Å². The molecule has 0 aromatic carbocycles. The Hall–Kier alpha value is -2.28. The molecule has 7 heteroatoms. The van der Waals surface area contributed by atoms with Crippen molar-refractivity contribution in [2.24, 2.45) is 0 Å². The maximum absolute atomic E-state index is 12.3. The molecule has 3 aromatic rings. The number of nitrogens with one attached hydrogen (secondary N) is 1. The largest absolute Gasteiger partial charge is 0.314 e. The molecule has 0 saturated carbocycles. The van der Waals surface area contributed by atoms with E-state index in [0.29, 0.717) is 12.2 Å². The van der Waals surface area contributed by atoms with Gasteiger partial charge < -0.3 is 5.32 Å². The topological polar surface area (TPSA) is 62.5 Å². The van der Waals surface area contributed by atoms with Crippen molar-refractivity contribution >= 4 is 18.1 Å². The van der Waals surface area contributed by atoms with Gasteiger partial charge in [0.1, 0.15) is 5.65 Å². The Balaban J connectivity index is 0.00000182. The van der Waals surface area contributed by atoms with E-state index in [-0.39, 0.29) is 24.0 Å². The molecule has 0 aliphatic carbocycles. The number of hydrogen-bond acceptors (Lipinski definition) is 5. The standard InChI is InChI=1S/C18H19N5O.ClH/c24-18-10-15(21-17-5-1-2-8-23(17)18)13-22-9-7-20-12-16(22)14-4-3-6-19-11-14;/h1-6,8,10-11,16,20H,7,9,12-13H2;1H. The van der Waals surface area contributed by atoms with Crippen molar-refractivity contribution in [2.75, 3.05) is 19.6 Å². The molecule has 130 valence electrons. The second-order valence-electron chi connectivity index (χ2n) is 5.99. The van der Waals surface area contributed by atoms with Gasteiger partial charge in [-0.15, -0.1) is 12.4 Å². The Morgan fingerprint density at radius 1 is 1.24 bits per heavy atom. The number of hydrogen-bond donors (Lipinski definition) is 1. The molecule has 1 fully saturated rings. The fourth-order valence-corrected chi connectivity index (χ4v) is 3.23. The van der Waals surface area contributed by atoms with E-state index >= 15 is 0 Å². The summed E-state index contributed by atoms with van der Waals surface area (Å²) < 4.78 is 1.57. The second kappa shape index (κ2) is 7.74. The van der Waals surface area contributed by atoms with Gasteiger partial charge in [-0.3, -0.25) is 19.1 Å². The Morgan fingerprint density at radius 2 is 2.16 bits per heavy atom. The third-order valence-electron chi connectivity index (χ3n) is 4.41. The third-order valence-corrected chi connectivity index (χ3v) is 4.41. The molecule has 4 heterocycles. The zero-order valence-corrected chi connectivity index (χ0v) is 14.5. The van der Waals surface area contributed by atoms with E-state index in [4.69, 9.17) is 0 Å². The van der Waals surface area contributed by atoms with E-state index in [2.05, 4.69) is 26.3 Å². The molecule has 1 N–H and O–H groups in total. The summed E-state index contributed by atoms with van der Waals surface area (Å²) in [7, 11) is 0. The first-order chi connectivity index (χ1) is 11.8. The van der Waals surface area contributed by atoms with Gasteiger partial charge in [0.2, 0.25) is 0 Å². The van der Waals surface area contributed by atoms with E-state index < -0.39 is 0 Å². The molecule has 1 aliphatic rings. The monoisotopic (exact) mass is 357 g/mol. The summed E-state index contributed by atoms with van der Waals surface area (Å²) >= 11 is 0. The highest BCUT2D eigenvalue weighted by molar-refractivity contribution is 5.85. The van der Waals surface area contributed by atoms with Crippen molar-refractivity contribution in [3.05, 3.63) is 76.6 Å². The van der Waals surface area contributed by atoms with Gasteiger partial charge in [0.05, 0.1) is 5.69 Å². The number of fused-ring (bicyclic) bond motifs is 1. The summed E-state index contributed by atoms with van der Waals surface area (Å²) in [4.78, 5) is 23.5. The highest BCUT2D eigenvalue weighted by Crippen LogP contribution is 2.22. The summed E-state index contributed by atoms with van der Waals surface area (Å²) in [5.41, 5.74) is 2.64. The summed E-state index contributed by atoms with van der Waals surface area (Å²) in [6.07, 6.45) is 5.45. The van der Waals surface area contributed by atoms with Gasteiger partial charge >= 0.3 is 0 Å². The molecule has 25 heavy (non-hydrogen) atoms. The van der Waals surface area contributed by atoms with Crippen LogP contribution in [-0.4, -0.2) is 38.9 Å². The molecule has 3 aromatic heterocycles. The van der Waals surface area contributed by atoms with Crippen molar-refractivity contribution in [3.63, 3.8) is 0 Å². The lowest BCUT2D eigenvalue weighted by Gasteiger charge is -2.36. The van der Waals surface area contributed by atoms with Crippen LogP contribution < -0.4 is 10.9 Å². The molecular weight excluding hydrogens is 338 g/mol. The molecule has 1 unspecified atom stereocenters. The van der Waals surface area contributed by atoms with Crippen LogP contribution in [0.5, 0.6) is 0 Å². The number of nitrogens with zero attached hydrogens (tertiary/aromatic N) is 4. The molecular formula is C18H20ClN5O. The van der Waals surface area contributed by atoms with E-state index in [1.807, 2.05) is 30.5 Å². The van der Waals surface area contributed by atoms with Crippen LogP contribution in [0.25, 0.3) is 5.65 Å². The highest BCUT2D eigenvalue weighted by atomic mass is 35.5. The Bertz CT molecular complexity index is 899. The van der Waals surface area contributed by atoms with Gasteiger partial charge in [-0.05, 0) is 23.8 Å². The minimum atomic E-state index is -0.0383. The maximum atomic E-state index is 12.3. The molecule has 4 rings (SSSR count). The lowest BCUT2D eigenvalue weighted by molar-refractivity contribution is 0.151. The second-order valence-corrected chi connectivity index (χ2v) is 5.99. The first kappa shape index (κ1) is 17.5. The van der Waals surface area contributed by atoms with E-state index in [9.17, 15) is 4.79 Å². The van der Waals surface area contributed by atoms with Crippen LogP contribution in [-0.2, 0) is 6.54 Å². The smallest absolute Gasteiger partial charge is 0.258 e. The Kier molecular flexibility index (Phi) is 5.43. The van der Waals surface area contributed by atoms with Gasteiger partial charge in [-0.1, -0.05) is 12.1 Å². The van der Waals surface area contributed by atoms with E-state index in [1.54, 1.807) is 22.9 Å². The molecule has 0 amide bonds. The number of halogens is 1. The van der Waals surface area contributed by atoms with E-state index in [1.165, 1.54) is 5.56 Å². The van der Waals surface area contributed by atoms with Crippen molar-refractivity contribution < 1.29 is 0 Å². The molecule has 0 bridgehead atoms. The minimum absolute atomic E-state index is 0. The minimum Gasteiger partial charge on any atom is -0.314 e. The molecule has 0 spiro atoms. The summed E-state index contributed by atoms with van der Waals surface area (Å²) in [5, 5.41) is 3.43. The first-order valence-electron chi connectivity index (χ1n) is 8.13. The third kappa shape index (κ3) is 3.71.